The standard InChI is InChI=1S/C11H11FN2/c1-14(2)8-10(7-13)9-3-5-11(12)6-4-9/h3-6,8H,1-2H3. The normalized spacial score (nSPS) is 10.9. The van der Waals surface area contributed by atoms with Crippen LogP contribution in [0, 0.1) is 17.1 Å². The average molecular weight is 190 g/mol. The molecular formula is C11H11FN2. The lowest BCUT2D eigenvalue weighted by atomic mass is 10.1. The van der Waals surface area contributed by atoms with Gasteiger partial charge in [0.05, 0.1) is 5.57 Å². The van der Waals surface area contributed by atoms with E-state index in [2.05, 4.69) is 6.07 Å². The smallest absolute Gasteiger partial charge is 0.123 e. The van der Waals surface area contributed by atoms with Crippen LogP contribution in [-0.4, -0.2) is 19.0 Å². The Morgan fingerprint density at radius 3 is 2.36 bits per heavy atom. The molecule has 0 fully saturated rings. The van der Waals surface area contributed by atoms with Crippen LogP contribution in [0.25, 0.3) is 5.57 Å². The molecule has 1 aromatic carbocycles. The zero-order chi connectivity index (χ0) is 10.6. The van der Waals surface area contributed by atoms with Crippen LogP contribution in [0.15, 0.2) is 30.5 Å². The molecular weight excluding hydrogens is 179 g/mol. The summed E-state index contributed by atoms with van der Waals surface area (Å²) in [5.74, 6) is -0.295. The van der Waals surface area contributed by atoms with Gasteiger partial charge < -0.3 is 4.90 Å². The lowest BCUT2D eigenvalue weighted by molar-refractivity contribution is 0.566. The molecule has 0 heterocycles. The van der Waals surface area contributed by atoms with E-state index in [9.17, 15) is 4.39 Å². The molecule has 3 heteroatoms. The van der Waals surface area contributed by atoms with Gasteiger partial charge in [-0.1, -0.05) is 12.1 Å². The molecule has 0 N–H and O–H groups in total. The summed E-state index contributed by atoms with van der Waals surface area (Å²) in [5.41, 5.74) is 1.25. The largest absolute Gasteiger partial charge is 0.382 e. The van der Waals surface area contributed by atoms with Crippen LogP contribution in [-0.2, 0) is 0 Å². The van der Waals surface area contributed by atoms with Crippen LogP contribution in [0.4, 0.5) is 4.39 Å². The fourth-order valence-corrected chi connectivity index (χ4v) is 1.06. The first-order chi connectivity index (χ1) is 6.63. The second-order valence-electron chi connectivity index (χ2n) is 3.13. The number of allylic oxidation sites excluding steroid dienone is 1. The van der Waals surface area contributed by atoms with Gasteiger partial charge >= 0.3 is 0 Å². The van der Waals surface area contributed by atoms with Gasteiger partial charge in [0, 0.05) is 20.3 Å². The van der Waals surface area contributed by atoms with Crippen LogP contribution in [0.3, 0.4) is 0 Å². The molecule has 0 aliphatic rings. The van der Waals surface area contributed by atoms with Crippen molar-refractivity contribution in [3.63, 3.8) is 0 Å². The molecule has 14 heavy (non-hydrogen) atoms. The zero-order valence-electron chi connectivity index (χ0n) is 8.16. The number of rotatable bonds is 2. The van der Waals surface area contributed by atoms with Crippen LogP contribution in [0.1, 0.15) is 5.56 Å². The summed E-state index contributed by atoms with van der Waals surface area (Å²) < 4.78 is 12.6. The van der Waals surface area contributed by atoms with E-state index in [1.807, 2.05) is 14.1 Å². The molecule has 0 saturated carbocycles. The highest BCUT2D eigenvalue weighted by Crippen LogP contribution is 2.14. The number of nitriles is 1. The zero-order valence-corrected chi connectivity index (χ0v) is 8.16. The Morgan fingerprint density at radius 1 is 1.36 bits per heavy atom. The molecule has 0 radical (unpaired) electrons. The van der Waals surface area contributed by atoms with Crippen molar-refractivity contribution < 1.29 is 4.39 Å². The number of benzene rings is 1. The summed E-state index contributed by atoms with van der Waals surface area (Å²) in [5, 5.41) is 8.86. The van der Waals surface area contributed by atoms with Crippen molar-refractivity contribution in [2.45, 2.75) is 0 Å². The Labute approximate surface area is 82.9 Å². The molecule has 0 spiro atoms. The topological polar surface area (TPSA) is 27.0 Å². The van der Waals surface area contributed by atoms with Crippen LogP contribution < -0.4 is 0 Å². The quantitative estimate of drug-likeness (QED) is 0.669. The highest BCUT2D eigenvalue weighted by atomic mass is 19.1. The average Bonchev–Trinajstić information content (AvgIpc) is 2.15. The van der Waals surface area contributed by atoms with Gasteiger partial charge in [-0.05, 0) is 17.7 Å². The lowest BCUT2D eigenvalue weighted by Crippen LogP contribution is -2.02. The minimum absolute atomic E-state index is 0.295. The Bertz CT molecular complexity index is 371. The highest BCUT2D eigenvalue weighted by molar-refractivity contribution is 5.76. The molecule has 1 aromatic rings. The molecule has 0 aliphatic carbocycles. The SMILES string of the molecule is CN(C)C=C(C#N)c1ccc(F)cc1. The van der Waals surface area contributed by atoms with Gasteiger partial charge in [-0.3, -0.25) is 0 Å². The molecule has 0 bridgehead atoms. The first-order valence-corrected chi connectivity index (χ1v) is 4.18. The third kappa shape index (κ3) is 2.60. The van der Waals surface area contributed by atoms with Crippen molar-refractivity contribution in [1.82, 2.24) is 4.90 Å². The van der Waals surface area contributed by atoms with E-state index in [1.54, 1.807) is 23.2 Å². The maximum Gasteiger partial charge on any atom is 0.123 e. The van der Waals surface area contributed by atoms with Crippen molar-refractivity contribution in [2.75, 3.05) is 14.1 Å². The van der Waals surface area contributed by atoms with Gasteiger partial charge in [-0.15, -0.1) is 0 Å². The fourth-order valence-electron chi connectivity index (χ4n) is 1.06. The molecule has 0 aliphatic heterocycles. The maximum atomic E-state index is 12.6. The van der Waals surface area contributed by atoms with Gasteiger partial charge in [0.25, 0.3) is 0 Å². The summed E-state index contributed by atoms with van der Waals surface area (Å²) in [6.45, 7) is 0. The first-order valence-electron chi connectivity index (χ1n) is 4.18. The second-order valence-corrected chi connectivity index (χ2v) is 3.13. The summed E-state index contributed by atoms with van der Waals surface area (Å²) in [6.07, 6.45) is 1.70. The van der Waals surface area contributed by atoms with Gasteiger partial charge in [0.1, 0.15) is 11.9 Å². The van der Waals surface area contributed by atoms with Crippen LogP contribution in [0.2, 0.25) is 0 Å². The predicted molar refractivity (Wildman–Crippen MR) is 53.7 cm³/mol. The Morgan fingerprint density at radius 2 is 1.93 bits per heavy atom. The van der Waals surface area contributed by atoms with E-state index in [4.69, 9.17) is 5.26 Å². The molecule has 0 aromatic heterocycles. The molecule has 0 amide bonds. The predicted octanol–water partition coefficient (Wildman–Crippen LogP) is 2.25. The van der Waals surface area contributed by atoms with E-state index in [1.165, 1.54) is 12.1 Å². The van der Waals surface area contributed by atoms with Crippen molar-refractivity contribution in [3.05, 3.63) is 41.8 Å². The lowest BCUT2D eigenvalue weighted by Gasteiger charge is -2.06. The van der Waals surface area contributed by atoms with Crippen molar-refractivity contribution in [1.29, 1.82) is 5.26 Å². The molecule has 1 rings (SSSR count). The molecule has 0 unspecified atom stereocenters. The van der Waals surface area contributed by atoms with E-state index < -0.39 is 0 Å². The van der Waals surface area contributed by atoms with E-state index in [0.717, 1.165) is 5.56 Å². The Balaban J connectivity index is 3.03. The second kappa shape index (κ2) is 4.43. The van der Waals surface area contributed by atoms with Crippen LogP contribution in [0.5, 0.6) is 0 Å². The monoisotopic (exact) mass is 190 g/mol. The summed E-state index contributed by atoms with van der Waals surface area (Å²) in [7, 11) is 3.67. The molecule has 0 saturated heterocycles. The first kappa shape index (κ1) is 10.3. The van der Waals surface area contributed by atoms with Gasteiger partial charge in [-0.25, -0.2) is 4.39 Å². The van der Waals surface area contributed by atoms with E-state index in [0.29, 0.717) is 5.57 Å². The number of hydrogen-bond acceptors (Lipinski definition) is 2. The van der Waals surface area contributed by atoms with Crippen molar-refractivity contribution in [2.24, 2.45) is 0 Å². The van der Waals surface area contributed by atoms with Gasteiger partial charge in [0.15, 0.2) is 0 Å². The summed E-state index contributed by atoms with van der Waals surface area (Å²) in [4.78, 5) is 1.78. The van der Waals surface area contributed by atoms with E-state index >= 15 is 0 Å². The molecule has 0 atom stereocenters. The fraction of sp³-hybridized carbons (Fsp3) is 0.182. The highest BCUT2D eigenvalue weighted by Gasteiger charge is 2.00. The maximum absolute atomic E-state index is 12.6. The number of nitrogens with zero attached hydrogens (tertiary/aromatic N) is 2. The molecule has 72 valence electrons. The van der Waals surface area contributed by atoms with Crippen LogP contribution >= 0.6 is 0 Å². The minimum atomic E-state index is -0.295. The number of halogens is 1. The van der Waals surface area contributed by atoms with Crippen molar-refractivity contribution >= 4 is 5.57 Å². The molecule has 2 nitrogen and oxygen atoms in total. The third-order valence-corrected chi connectivity index (χ3v) is 1.66. The Hall–Kier alpha value is -1.82. The van der Waals surface area contributed by atoms with Gasteiger partial charge in [0.2, 0.25) is 0 Å². The summed E-state index contributed by atoms with van der Waals surface area (Å²) in [6, 6.07) is 7.94. The van der Waals surface area contributed by atoms with E-state index in [-0.39, 0.29) is 5.82 Å². The third-order valence-electron chi connectivity index (χ3n) is 1.66. The summed E-state index contributed by atoms with van der Waals surface area (Å²) >= 11 is 0. The van der Waals surface area contributed by atoms with Crippen molar-refractivity contribution in [3.8, 4) is 6.07 Å². The minimum Gasteiger partial charge on any atom is -0.382 e. The Kier molecular flexibility index (Phi) is 3.24. The van der Waals surface area contributed by atoms with Gasteiger partial charge in [-0.2, -0.15) is 5.26 Å². The number of hydrogen-bond donors (Lipinski definition) is 0.